The van der Waals surface area contributed by atoms with E-state index >= 15 is 0 Å². The van der Waals surface area contributed by atoms with Gasteiger partial charge in [-0.1, -0.05) is 0 Å². The third-order valence-corrected chi connectivity index (χ3v) is 3.06. The lowest BCUT2D eigenvalue weighted by molar-refractivity contribution is 0.0695. The average Bonchev–Trinajstić information content (AvgIpc) is 2.02. The third-order valence-electron chi connectivity index (χ3n) is 3.06. The summed E-state index contributed by atoms with van der Waals surface area (Å²) in [5, 5.41) is 6.95. The van der Waals surface area contributed by atoms with Crippen LogP contribution in [0.1, 0.15) is 13.8 Å². The van der Waals surface area contributed by atoms with Crippen LogP contribution in [-0.2, 0) is 0 Å². The summed E-state index contributed by atoms with van der Waals surface area (Å²) in [7, 11) is 0. The first-order valence-corrected chi connectivity index (χ1v) is 4.92. The Hall–Kier alpha value is -0.120. The predicted octanol–water partition coefficient (Wildman–Crippen LogP) is -0.358. The second kappa shape index (κ2) is 2.98. The Balaban J connectivity index is 1.94. The van der Waals surface area contributed by atoms with E-state index in [-0.39, 0.29) is 0 Å². The van der Waals surface area contributed by atoms with Crippen LogP contribution >= 0.6 is 0 Å². The Morgan fingerprint density at radius 2 is 2.08 bits per heavy atom. The molecule has 0 unspecified atom stereocenters. The van der Waals surface area contributed by atoms with Crippen LogP contribution in [0.4, 0.5) is 0 Å². The van der Waals surface area contributed by atoms with E-state index < -0.39 is 0 Å². The van der Waals surface area contributed by atoms with Crippen molar-refractivity contribution >= 4 is 0 Å². The molecule has 0 atom stereocenters. The van der Waals surface area contributed by atoms with Gasteiger partial charge in [-0.25, -0.2) is 0 Å². The van der Waals surface area contributed by atoms with E-state index in [9.17, 15) is 0 Å². The number of nitrogens with zero attached hydrogens (tertiary/aromatic N) is 1. The van der Waals surface area contributed by atoms with Gasteiger partial charge < -0.3 is 10.6 Å². The van der Waals surface area contributed by atoms with Gasteiger partial charge in [0.25, 0.3) is 0 Å². The van der Waals surface area contributed by atoms with Gasteiger partial charge in [0.05, 0.1) is 5.54 Å². The van der Waals surface area contributed by atoms with Gasteiger partial charge in [0.15, 0.2) is 0 Å². The van der Waals surface area contributed by atoms with E-state index in [1.165, 1.54) is 13.1 Å². The Kier molecular flexibility index (Phi) is 2.10. The summed E-state index contributed by atoms with van der Waals surface area (Å²) in [5.74, 6) is 0. The van der Waals surface area contributed by atoms with Crippen molar-refractivity contribution in [2.24, 2.45) is 0 Å². The molecule has 0 saturated carbocycles. The third kappa shape index (κ3) is 1.37. The molecule has 3 nitrogen and oxygen atoms in total. The molecule has 2 aliphatic heterocycles. The molecular weight excluding hydrogens is 150 g/mol. The van der Waals surface area contributed by atoms with E-state index in [0.29, 0.717) is 11.6 Å². The molecule has 0 bridgehead atoms. The van der Waals surface area contributed by atoms with Crippen LogP contribution in [0.3, 0.4) is 0 Å². The monoisotopic (exact) mass is 169 g/mol. The molecule has 0 aromatic rings. The van der Waals surface area contributed by atoms with E-state index in [2.05, 4.69) is 29.4 Å². The van der Waals surface area contributed by atoms with Gasteiger partial charge in [-0.05, 0) is 13.8 Å². The van der Waals surface area contributed by atoms with Crippen LogP contribution in [0.5, 0.6) is 0 Å². The zero-order valence-electron chi connectivity index (χ0n) is 8.06. The van der Waals surface area contributed by atoms with Crippen LogP contribution in [0.25, 0.3) is 0 Å². The minimum atomic E-state index is 0.419. The Bertz CT molecular complexity index is 163. The molecule has 2 saturated heterocycles. The number of hydrogen-bond donors (Lipinski definition) is 2. The standard InChI is InChI=1S/C9H19N3/c1-8(2)12-4-3-11-9(7-12)5-10-6-9/h8,10-11H,3-7H2,1-2H3. The van der Waals surface area contributed by atoms with Crippen molar-refractivity contribution in [1.29, 1.82) is 0 Å². The van der Waals surface area contributed by atoms with E-state index in [0.717, 1.165) is 19.6 Å². The summed E-state index contributed by atoms with van der Waals surface area (Å²) in [6.45, 7) is 10.4. The van der Waals surface area contributed by atoms with Crippen LogP contribution in [0.2, 0.25) is 0 Å². The minimum absolute atomic E-state index is 0.419. The second-order valence-corrected chi connectivity index (χ2v) is 4.37. The molecule has 2 rings (SSSR count). The zero-order valence-corrected chi connectivity index (χ0v) is 8.06. The molecular formula is C9H19N3. The van der Waals surface area contributed by atoms with Gasteiger partial charge in [0, 0.05) is 38.8 Å². The molecule has 1 spiro atoms. The van der Waals surface area contributed by atoms with Crippen molar-refractivity contribution < 1.29 is 0 Å². The first-order chi connectivity index (χ1) is 5.72. The fourth-order valence-corrected chi connectivity index (χ4v) is 2.09. The van der Waals surface area contributed by atoms with Gasteiger partial charge >= 0.3 is 0 Å². The summed E-state index contributed by atoms with van der Waals surface area (Å²) in [6, 6.07) is 0.699. The summed E-state index contributed by atoms with van der Waals surface area (Å²) in [5.41, 5.74) is 0.419. The molecule has 2 aliphatic rings. The normalized spacial score (nSPS) is 29.2. The largest absolute Gasteiger partial charge is 0.313 e. The Morgan fingerprint density at radius 1 is 1.33 bits per heavy atom. The van der Waals surface area contributed by atoms with Crippen molar-refractivity contribution in [2.45, 2.75) is 25.4 Å². The zero-order chi connectivity index (χ0) is 8.60. The highest BCUT2D eigenvalue weighted by Gasteiger charge is 2.40. The summed E-state index contributed by atoms with van der Waals surface area (Å²) in [4.78, 5) is 2.57. The first-order valence-electron chi connectivity index (χ1n) is 4.92. The molecule has 12 heavy (non-hydrogen) atoms. The van der Waals surface area contributed by atoms with Crippen molar-refractivity contribution in [3.8, 4) is 0 Å². The lowest BCUT2D eigenvalue weighted by atomic mass is 9.89. The topological polar surface area (TPSA) is 27.3 Å². The van der Waals surface area contributed by atoms with E-state index in [4.69, 9.17) is 0 Å². The molecule has 3 heteroatoms. The maximum absolute atomic E-state index is 3.61. The number of piperazine rings is 1. The number of rotatable bonds is 1. The quantitative estimate of drug-likeness (QED) is 0.561. The predicted molar refractivity (Wildman–Crippen MR) is 50.3 cm³/mol. The van der Waals surface area contributed by atoms with Gasteiger partial charge in [-0.2, -0.15) is 0 Å². The minimum Gasteiger partial charge on any atom is -0.313 e. The fraction of sp³-hybridized carbons (Fsp3) is 1.00. The Morgan fingerprint density at radius 3 is 2.58 bits per heavy atom. The maximum atomic E-state index is 3.61. The molecule has 2 N–H and O–H groups in total. The molecule has 0 amide bonds. The first kappa shape index (κ1) is 8.48. The smallest absolute Gasteiger partial charge is 0.0561 e. The molecule has 0 aromatic carbocycles. The summed E-state index contributed by atoms with van der Waals surface area (Å²) in [6.07, 6.45) is 0. The van der Waals surface area contributed by atoms with Crippen molar-refractivity contribution in [3.05, 3.63) is 0 Å². The van der Waals surface area contributed by atoms with Crippen molar-refractivity contribution in [2.75, 3.05) is 32.7 Å². The van der Waals surface area contributed by atoms with Crippen LogP contribution in [0, 0.1) is 0 Å². The van der Waals surface area contributed by atoms with Gasteiger partial charge in [0.1, 0.15) is 0 Å². The van der Waals surface area contributed by atoms with Crippen LogP contribution in [-0.4, -0.2) is 49.2 Å². The molecule has 2 fully saturated rings. The van der Waals surface area contributed by atoms with Crippen LogP contribution < -0.4 is 10.6 Å². The van der Waals surface area contributed by atoms with Crippen LogP contribution in [0.15, 0.2) is 0 Å². The fourth-order valence-electron chi connectivity index (χ4n) is 2.09. The molecule has 0 aliphatic carbocycles. The average molecular weight is 169 g/mol. The molecule has 0 radical (unpaired) electrons. The lowest BCUT2D eigenvalue weighted by Gasteiger charge is -2.51. The number of hydrogen-bond acceptors (Lipinski definition) is 3. The maximum Gasteiger partial charge on any atom is 0.0561 e. The highest BCUT2D eigenvalue weighted by Crippen LogP contribution is 2.17. The number of nitrogens with one attached hydrogen (secondary N) is 2. The van der Waals surface area contributed by atoms with Crippen molar-refractivity contribution in [1.82, 2.24) is 15.5 Å². The van der Waals surface area contributed by atoms with Gasteiger partial charge in [-0.3, -0.25) is 4.90 Å². The van der Waals surface area contributed by atoms with Crippen molar-refractivity contribution in [3.63, 3.8) is 0 Å². The van der Waals surface area contributed by atoms with Gasteiger partial charge in [0.2, 0.25) is 0 Å². The van der Waals surface area contributed by atoms with E-state index in [1.807, 2.05) is 0 Å². The Labute approximate surface area is 74.5 Å². The highest BCUT2D eigenvalue weighted by atomic mass is 15.3. The molecule has 0 aromatic heterocycles. The lowest BCUT2D eigenvalue weighted by Crippen LogP contribution is -2.75. The van der Waals surface area contributed by atoms with Gasteiger partial charge in [-0.15, -0.1) is 0 Å². The molecule has 70 valence electrons. The second-order valence-electron chi connectivity index (χ2n) is 4.37. The molecule has 2 heterocycles. The summed E-state index contributed by atoms with van der Waals surface area (Å²) >= 11 is 0. The van der Waals surface area contributed by atoms with E-state index in [1.54, 1.807) is 0 Å². The SMILES string of the molecule is CC(C)N1CCNC2(CNC2)C1. The highest BCUT2D eigenvalue weighted by molar-refractivity contribution is 5.05. The summed E-state index contributed by atoms with van der Waals surface area (Å²) < 4.78 is 0.